The summed E-state index contributed by atoms with van der Waals surface area (Å²) in [5, 5.41) is 1.78. The van der Waals surface area contributed by atoms with Crippen molar-refractivity contribution in [2.24, 2.45) is 0 Å². The molecule has 5 nitrogen and oxygen atoms in total. The van der Waals surface area contributed by atoms with E-state index in [2.05, 4.69) is 10.2 Å². The van der Waals surface area contributed by atoms with Gasteiger partial charge in [-0.1, -0.05) is 23.9 Å². The normalized spacial score (nSPS) is 21.2. The van der Waals surface area contributed by atoms with Gasteiger partial charge >= 0.3 is 0 Å². The van der Waals surface area contributed by atoms with Gasteiger partial charge in [0.25, 0.3) is 5.24 Å². The van der Waals surface area contributed by atoms with Crippen LogP contribution in [0.25, 0.3) is 4.85 Å². The first-order valence-electron chi connectivity index (χ1n) is 8.35. The van der Waals surface area contributed by atoms with Crippen molar-refractivity contribution in [2.45, 2.75) is 30.9 Å². The first kappa shape index (κ1) is 16.7. The maximum Gasteiger partial charge on any atom is 0.286 e. The summed E-state index contributed by atoms with van der Waals surface area (Å²) in [5.74, 6) is 1.34. The predicted octanol–water partition coefficient (Wildman–Crippen LogP) is 4.72. The largest absolute Gasteiger partial charge is 0.457 e. The standard InChI is InChI=1S/C20H16N2O3S/c1-11-9-13(21-2)4-8-17(11)25-14-5-7-15-12(10-14)3-6-16(15)18-19(23)22-20(24)26-18/h4-5,7-10,16,18H,3,6H2,1H3,(H,22,23,24)/t16-,18?/m1/s1. The molecule has 1 aliphatic heterocycles. The van der Waals surface area contributed by atoms with Crippen LogP contribution in [-0.2, 0) is 11.2 Å². The zero-order chi connectivity index (χ0) is 18.3. The van der Waals surface area contributed by atoms with Crippen LogP contribution in [0.5, 0.6) is 11.5 Å². The number of benzene rings is 2. The number of fused-ring (bicyclic) bond motifs is 1. The Hall–Kier alpha value is -2.78. The Morgan fingerprint density at radius 3 is 2.77 bits per heavy atom. The number of hydrogen-bond donors (Lipinski definition) is 1. The first-order valence-corrected chi connectivity index (χ1v) is 9.23. The molecule has 1 saturated heterocycles. The van der Waals surface area contributed by atoms with E-state index in [1.807, 2.05) is 31.2 Å². The second kappa shape index (κ2) is 6.50. The van der Waals surface area contributed by atoms with E-state index in [0.717, 1.165) is 52.8 Å². The minimum atomic E-state index is -0.334. The van der Waals surface area contributed by atoms with Gasteiger partial charge in [-0.25, -0.2) is 4.85 Å². The number of aryl methyl sites for hydroxylation is 2. The summed E-state index contributed by atoms with van der Waals surface area (Å²) >= 11 is 1.09. The molecule has 1 unspecified atom stereocenters. The average molecular weight is 364 g/mol. The number of hydrogen-bond acceptors (Lipinski definition) is 4. The number of ether oxygens (including phenoxy) is 1. The quantitative estimate of drug-likeness (QED) is 0.801. The number of carbonyl (C=O) groups is 2. The molecule has 4 rings (SSSR count). The molecule has 2 aliphatic rings. The molecule has 1 heterocycles. The zero-order valence-corrected chi connectivity index (χ0v) is 14.9. The summed E-state index contributed by atoms with van der Waals surface area (Å²) in [6, 6.07) is 11.3. The molecule has 0 bridgehead atoms. The summed E-state index contributed by atoms with van der Waals surface area (Å²) in [5.41, 5.74) is 3.79. The van der Waals surface area contributed by atoms with Crippen molar-refractivity contribution in [3.05, 3.63) is 64.5 Å². The summed E-state index contributed by atoms with van der Waals surface area (Å²) in [6.07, 6.45) is 1.72. The van der Waals surface area contributed by atoms with Crippen molar-refractivity contribution >= 4 is 28.6 Å². The van der Waals surface area contributed by atoms with Crippen LogP contribution in [0.15, 0.2) is 36.4 Å². The van der Waals surface area contributed by atoms with Crippen LogP contribution >= 0.6 is 11.8 Å². The summed E-state index contributed by atoms with van der Waals surface area (Å²) in [6.45, 7) is 8.98. The number of carbonyl (C=O) groups excluding carboxylic acids is 2. The van der Waals surface area contributed by atoms with Gasteiger partial charge in [-0.15, -0.1) is 0 Å². The second-order valence-electron chi connectivity index (χ2n) is 6.48. The molecule has 2 amide bonds. The van der Waals surface area contributed by atoms with Gasteiger partial charge in [-0.2, -0.15) is 0 Å². The van der Waals surface area contributed by atoms with E-state index in [0.29, 0.717) is 5.69 Å². The number of nitrogens with one attached hydrogen (secondary N) is 1. The van der Waals surface area contributed by atoms with Gasteiger partial charge in [0, 0.05) is 5.92 Å². The van der Waals surface area contributed by atoms with Crippen LogP contribution in [0.1, 0.15) is 29.0 Å². The second-order valence-corrected chi connectivity index (χ2v) is 7.60. The fourth-order valence-electron chi connectivity index (χ4n) is 3.58. The van der Waals surface area contributed by atoms with Gasteiger partial charge in [0.05, 0.1) is 6.57 Å². The Morgan fingerprint density at radius 1 is 1.23 bits per heavy atom. The highest BCUT2D eigenvalue weighted by Crippen LogP contribution is 2.43. The van der Waals surface area contributed by atoms with E-state index in [-0.39, 0.29) is 22.3 Å². The van der Waals surface area contributed by atoms with Crippen molar-refractivity contribution in [1.82, 2.24) is 5.32 Å². The Morgan fingerprint density at radius 2 is 2.08 bits per heavy atom. The molecular formula is C20H16N2O3S. The molecule has 2 aromatic rings. The zero-order valence-electron chi connectivity index (χ0n) is 14.1. The molecule has 0 saturated carbocycles. The lowest BCUT2D eigenvalue weighted by Gasteiger charge is -2.16. The van der Waals surface area contributed by atoms with Gasteiger partial charge in [0.2, 0.25) is 5.91 Å². The molecule has 26 heavy (non-hydrogen) atoms. The van der Waals surface area contributed by atoms with Gasteiger partial charge in [-0.05, 0) is 60.7 Å². The van der Waals surface area contributed by atoms with Crippen molar-refractivity contribution < 1.29 is 14.3 Å². The number of amides is 2. The number of imide groups is 1. The van der Waals surface area contributed by atoms with Gasteiger partial charge in [0.15, 0.2) is 5.69 Å². The van der Waals surface area contributed by atoms with Crippen molar-refractivity contribution in [3.8, 4) is 11.5 Å². The van der Waals surface area contributed by atoms with E-state index in [4.69, 9.17) is 11.3 Å². The Balaban J connectivity index is 1.56. The summed E-state index contributed by atoms with van der Waals surface area (Å²) in [7, 11) is 0. The molecule has 130 valence electrons. The monoisotopic (exact) mass is 364 g/mol. The van der Waals surface area contributed by atoms with E-state index in [9.17, 15) is 9.59 Å². The molecule has 2 aromatic carbocycles. The van der Waals surface area contributed by atoms with Crippen LogP contribution in [-0.4, -0.2) is 16.4 Å². The van der Waals surface area contributed by atoms with Gasteiger partial charge in [0.1, 0.15) is 16.7 Å². The van der Waals surface area contributed by atoms with E-state index < -0.39 is 0 Å². The summed E-state index contributed by atoms with van der Waals surface area (Å²) in [4.78, 5) is 26.9. The Bertz CT molecular complexity index is 964. The van der Waals surface area contributed by atoms with E-state index in [1.165, 1.54) is 0 Å². The topological polar surface area (TPSA) is 59.8 Å². The van der Waals surface area contributed by atoms with Crippen molar-refractivity contribution in [2.75, 3.05) is 0 Å². The van der Waals surface area contributed by atoms with Crippen LogP contribution in [0.3, 0.4) is 0 Å². The van der Waals surface area contributed by atoms with E-state index >= 15 is 0 Å². The Kier molecular flexibility index (Phi) is 4.17. The molecule has 1 N–H and O–H groups in total. The lowest BCUT2D eigenvalue weighted by atomic mass is 9.97. The molecule has 0 spiro atoms. The third kappa shape index (κ3) is 2.95. The summed E-state index contributed by atoms with van der Waals surface area (Å²) < 4.78 is 5.99. The SMILES string of the molecule is [C-]#[N+]c1ccc(Oc2ccc3c(c2)CC[C@H]3C2SC(=O)NC2=O)c(C)c1. The number of rotatable bonds is 3. The maximum absolute atomic E-state index is 12.0. The third-order valence-corrected chi connectivity index (χ3v) is 5.95. The minimum Gasteiger partial charge on any atom is -0.457 e. The fraction of sp³-hybridized carbons (Fsp3) is 0.250. The predicted molar refractivity (Wildman–Crippen MR) is 99.9 cm³/mol. The molecular weight excluding hydrogens is 348 g/mol. The van der Waals surface area contributed by atoms with Crippen LogP contribution in [0.2, 0.25) is 0 Å². The molecule has 1 fully saturated rings. The van der Waals surface area contributed by atoms with Crippen LogP contribution < -0.4 is 10.1 Å². The molecule has 6 heteroatoms. The molecule has 0 aromatic heterocycles. The molecule has 1 aliphatic carbocycles. The van der Waals surface area contributed by atoms with Crippen LogP contribution in [0.4, 0.5) is 10.5 Å². The third-order valence-electron chi connectivity index (χ3n) is 4.84. The van der Waals surface area contributed by atoms with Gasteiger partial charge < -0.3 is 4.74 Å². The highest BCUT2D eigenvalue weighted by Gasteiger charge is 2.41. The highest BCUT2D eigenvalue weighted by atomic mass is 32.2. The lowest BCUT2D eigenvalue weighted by molar-refractivity contribution is -0.119. The lowest BCUT2D eigenvalue weighted by Crippen LogP contribution is -2.27. The maximum atomic E-state index is 12.0. The smallest absolute Gasteiger partial charge is 0.286 e. The Labute approximate surface area is 155 Å². The molecule has 0 radical (unpaired) electrons. The fourth-order valence-corrected chi connectivity index (χ4v) is 4.59. The van der Waals surface area contributed by atoms with Crippen molar-refractivity contribution in [3.63, 3.8) is 0 Å². The van der Waals surface area contributed by atoms with Crippen LogP contribution in [0, 0.1) is 13.5 Å². The average Bonchev–Trinajstić information content (AvgIpc) is 3.18. The van der Waals surface area contributed by atoms with E-state index in [1.54, 1.807) is 12.1 Å². The number of thioether (sulfide) groups is 1. The highest BCUT2D eigenvalue weighted by molar-refractivity contribution is 8.15. The molecule has 2 atom stereocenters. The van der Waals surface area contributed by atoms with Gasteiger partial charge in [-0.3, -0.25) is 14.9 Å². The first-order chi connectivity index (χ1) is 12.5. The minimum absolute atomic E-state index is 0.0650. The number of nitrogens with zero attached hydrogens (tertiary/aromatic N) is 1. The van der Waals surface area contributed by atoms with Crippen molar-refractivity contribution in [1.29, 1.82) is 0 Å².